The van der Waals surface area contributed by atoms with Gasteiger partial charge in [0.05, 0.1) is 12.2 Å². The minimum atomic E-state index is -0.262. The quantitative estimate of drug-likeness (QED) is 0.447. The van der Waals surface area contributed by atoms with Crippen molar-refractivity contribution in [3.63, 3.8) is 0 Å². The summed E-state index contributed by atoms with van der Waals surface area (Å²) in [6.45, 7) is 18.5. The zero-order chi connectivity index (χ0) is 14.7. The van der Waals surface area contributed by atoms with E-state index in [9.17, 15) is 4.79 Å². The molecule has 0 fully saturated rings. The molecule has 0 aliphatic rings. The second-order valence-corrected chi connectivity index (χ2v) is 2.79. The van der Waals surface area contributed by atoms with Crippen molar-refractivity contribution < 1.29 is 45.7 Å². The molecule has 18 heavy (non-hydrogen) atoms. The summed E-state index contributed by atoms with van der Waals surface area (Å²) in [4.78, 5) is 9.72. The molecule has 6 nitrogen and oxygen atoms in total. The summed E-state index contributed by atoms with van der Waals surface area (Å²) in [5.74, 6) is 0. The minimum absolute atomic E-state index is 0. The fourth-order valence-corrected chi connectivity index (χ4v) is 0.842. The Bertz CT molecular complexity index is 185. The molecule has 1 N–H and O–H groups in total. The number of aliphatic hydroxyl groups excluding tert-OH is 1. The van der Waals surface area contributed by atoms with E-state index >= 15 is 0 Å². The van der Waals surface area contributed by atoms with Crippen LogP contribution in [0.5, 0.6) is 0 Å². The van der Waals surface area contributed by atoms with E-state index in [2.05, 4.69) is 24.7 Å². The summed E-state index contributed by atoms with van der Waals surface area (Å²) in [5, 5.41) is 8.88. The molecule has 0 rings (SSSR count). The Morgan fingerprint density at radius 3 is 1.78 bits per heavy atom. The Kier molecular flexibility index (Phi) is 60.6. The zero-order valence-corrected chi connectivity index (χ0v) is 11.2. The van der Waals surface area contributed by atoms with Gasteiger partial charge in [0.15, 0.2) is 0 Å². The topological polar surface area (TPSA) is 106 Å². The van der Waals surface area contributed by atoms with Gasteiger partial charge in [-0.1, -0.05) is 6.47 Å². The molecule has 7 heteroatoms. The van der Waals surface area contributed by atoms with Crippen LogP contribution in [0.2, 0.25) is 0 Å². The molecule has 0 unspecified atom stereocenters. The predicted octanol–water partition coefficient (Wildman–Crippen LogP) is 0.895. The first-order valence-electron chi connectivity index (χ1n) is 4.49. The van der Waals surface area contributed by atoms with E-state index in [4.69, 9.17) is 19.1 Å². The van der Waals surface area contributed by atoms with Gasteiger partial charge in [-0.2, -0.15) is 0 Å². The number of ether oxygens (including phenoxy) is 1. The van der Waals surface area contributed by atoms with Crippen LogP contribution in [0, 0.1) is 20.0 Å². The Morgan fingerprint density at radius 1 is 1.11 bits per heavy atom. The van der Waals surface area contributed by atoms with Crippen molar-refractivity contribution in [1.82, 2.24) is 0 Å². The van der Waals surface area contributed by atoms with Gasteiger partial charge in [0.2, 0.25) is 0 Å². The molecule has 0 saturated heterocycles. The van der Waals surface area contributed by atoms with Crippen molar-refractivity contribution in [1.29, 1.82) is 0 Å². The van der Waals surface area contributed by atoms with Gasteiger partial charge in [-0.05, 0) is 33.1 Å². The molecular weight excluding hydrogens is 284 g/mol. The average molecular weight is 299 g/mol. The van der Waals surface area contributed by atoms with E-state index < -0.39 is 0 Å². The Morgan fingerprint density at radius 2 is 1.50 bits per heavy atom. The Balaban J connectivity index is -0.0000000700. The maximum atomic E-state index is 9.72. The summed E-state index contributed by atoms with van der Waals surface area (Å²) in [5.41, 5.74) is 0. The largest absolute Gasteiger partial charge is 2.00 e. The van der Waals surface area contributed by atoms with E-state index in [0.29, 0.717) is 0 Å². The van der Waals surface area contributed by atoms with Crippen molar-refractivity contribution in [2.24, 2.45) is 0 Å². The standard InChI is InChI=1S/C8H15O3.3CO.Fe/c1-7(10)4-3-5-8(2)11-6-9;3*1-2;/h7-8,10H,3-5H2,1-2H3;;;;/q-1;;;;+2/t7-,8+;;;;/m1..../s1. The minimum Gasteiger partial charge on any atom is 2.00 e. The van der Waals surface area contributed by atoms with E-state index in [0.717, 1.165) is 19.3 Å². The third kappa shape index (κ3) is 45.6. The Labute approximate surface area is 118 Å². The molecule has 0 saturated carbocycles. The van der Waals surface area contributed by atoms with Gasteiger partial charge in [-0.15, -0.1) is 0 Å². The van der Waals surface area contributed by atoms with Crippen LogP contribution >= 0.6 is 0 Å². The summed E-state index contributed by atoms with van der Waals surface area (Å²) in [7, 11) is 0. The molecule has 0 heterocycles. The molecule has 2 atom stereocenters. The number of rotatable bonds is 6. The molecule has 0 amide bonds. The number of aliphatic hydroxyl groups is 1. The summed E-state index contributed by atoms with van der Waals surface area (Å²) >= 11 is 0. The molecular formula is C11H15FeO6+. The average Bonchev–Trinajstić information content (AvgIpc) is 2.36. The fourth-order valence-electron chi connectivity index (χ4n) is 0.842. The van der Waals surface area contributed by atoms with Crippen LogP contribution in [0.1, 0.15) is 33.1 Å². The van der Waals surface area contributed by atoms with Crippen molar-refractivity contribution >= 4 is 6.47 Å². The molecule has 0 aliphatic heterocycles. The first-order chi connectivity index (χ1) is 8.16. The molecule has 0 aliphatic carbocycles. The van der Waals surface area contributed by atoms with E-state index in [1.807, 2.05) is 6.92 Å². The first kappa shape index (κ1) is 30.3. The van der Waals surface area contributed by atoms with Crippen LogP contribution < -0.4 is 0 Å². The first-order valence-corrected chi connectivity index (χ1v) is 4.49. The van der Waals surface area contributed by atoms with Gasteiger partial charge in [-0.3, -0.25) is 0 Å². The maximum Gasteiger partial charge on any atom is 2.00 e. The van der Waals surface area contributed by atoms with Gasteiger partial charge < -0.3 is 14.6 Å². The van der Waals surface area contributed by atoms with Crippen LogP contribution in [0.3, 0.4) is 0 Å². The van der Waals surface area contributed by atoms with Crippen molar-refractivity contribution in [2.75, 3.05) is 0 Å². The number of carbonyl (C=O) groups excluding carboxylic acids is 1. The summed E-state index contributed by atoms with van der Waals surface area (Å²) in [6.07, 6.45) is 2.08. The monoisotopic (exact) mass is 299 g/mol. The molecule has 0 radical (unpaired) electrons. The number of hydrogen-bond acceptors (Lipinski definition) is 3. The molecule has 0 spiro atoms. The fraction of sp³-hybridized carbons (Fsp3) is 0.636. The predicted molar refractivity (Wildman–Crippen MR) is 53.6 cm³/mol. The molecule has 0 aromatic rings. The van der Waals surface area contributed by atoms with E-state index in [1.165, 1.54) is 6.47 Å². The normalized spacial score (nSPS) is 9.83. The van der Waals surface area contributed by atoms with Crippen LogP contribution in [0.4, 0.5) is 0 Å². The van der Waals surface area contributed by atoms with Gasteiger partial charge in [-0.25, -0.2) is 0 Å². The summed E-state index contributed by atoms with van der Waals surface area (Å²) in [6, 6.07) is 0. The van der Waals surface area contributed by atoms with E-state index in [-0.39, 0.29) is 29.3 Å². The molecule has 0 aromatic heterocycles. The van der Waals surface area contributed by atoms with Crippen LogP contribution in [0.25, 0.3) is 0 Å². The third-order valence-electron chi connectivity index (χ3n) is 1.48. The molecule has 0 bridgehead atoms. The van der Waals surface area contributed by atoms with Crippen molar-refractivity contribution in [3.05, 3.63) is 20.0 Å². The van der Waals surface area contributed by atoms with Gasteiger partial charge >= 0.3 is 51.0 Å². The Hall–Kier alpha value is -0.831. The molecule has 0 aromatic carbocycles. The number of hydrogen-bond donors (Lipinski definition) is 1. The van der Waals surface area contributed by atoms with E-state index in [1.54, 1.807) is 6.92 Å². The smallest absolute Gasteiger partial charge is 2.00 e. The van der Waals surface area contributed by atoms with Gasteiger partial charge in [0.1, 0.15) is 0 Å². The van der Waals surface area contributed by atoms with Crippen LogP contribution in [-0.4, -0.2) is 23.8 Å². The molecule has 102 valence electrons. The van der Waals surface area contributed by atoms with Gasteiger partial charge in [0, 0.05) is 0 Å². The van der Waals surface area contributed by atoms with Crippen LogP contribution in [0.15, 0.2) is 0 Å². The van der Waals surface area contributed by atoms with Crippen LogP contribution in [-0.2, 0) is 40.6 Å². The van der Waals surface area contributed by atoms with Gasteiger partial charge in [0.25, 0.3) is 0 Å². The second-order valence-electron chi connectivity index (χ2n) is 2.79. The van der Waals surface area contributed by atoms with Crippen molar-refractivity contribution in [3.8, 4) is 0 Å². The van der Waals surface area contributed by atoms with Crippen molar-refractivity contribution in [2.45, 2.75) is 45.3 Å². The zero-order valence-electron chi connectivity index (χ0n) is 10.1. The maximum absolute atomic E-state index is 9.72. The SMILES string of the molecule is C[C@@H](O)CCC[C@H](C)O[C-]=O.[C-]#[O+].[C-]#[O+].[C-]#[O+].[Fe+2]. The third-order valence-corrected chi connectivity index (χ3v) is 1.48. The second kappa shape index (κ2) is 36.0. The summed E-state index contributed by atoms with van der Waals surface area (Å²) < 4.78 is 27.0.